The Kier molecular flexibility index (Phi) is 6.03. The second-order valence-electron chi connectivity index (χ2n) is 6.54. The molecule has 0 heterocycles. The van der Waals surface area contributed by atoms with Crippen LogP contribution in [0.5, 0.6) is 11.5 Å². The Labute approximate surface area is 174 Å². The van der Waals surface area contributed by atoms with Crippen molar-refractivity contribution < 1.29 is 49.0 Å². The topological polar surface area (TPSA) is 18.5 Å². The minimum Gasteiger partial charge on any atom is -0.429 e. The molecule has 32 heavy (non-hydrogen) atoms. The number of aryl methyl sites for hydroxylation is 1. The van der Waals surface area contributed by atoms with Crippen LogP contribution in [0.4, 0.5) is 39.5 Å². The minimum absolute atomic E-state index is 0.0402. The average molecular weight is 466 g/mol. The molecular formula is C21H11F9O2. The summed E-state index contributed by atoms with van der Waals surface area (Å²) in [6.07, 6.45) is -9.22. The van der Waals surface area contributed by atoms with Crippen LogP contribution in [0.2, 0.25) is 0 Å². The highest BCUT2D eigenvalue weighted by molar-refractivity contribution is 5.34. The maximum absolute atomic E-state index is 14.3. The molecule has 0 aromatic heterocycles. The van der Waals surface area contributed by atoms with Crippen molar-refractivity contribution in [1.29, 1.82) is 0 Å². The molecule has 3 aromatic carbocycles. The number of benzene rings is 3. The first-order chi connectivity index (χ1) is 14.8. The van der Waals surface area contributed by atoms with E-state index in [1.165, 1.54) is 12.1 Å². The Balaban J connectivity index is 1.92. The van der Waals surface area contributed by atoms with Crippen molar-refractivity contribution in [2.75, 3.05) is 0 Å². The van der Waals surface area contributed by atoms with Crippen molar-refractivity contribution in [3.8, 4) is 11.5 Å². The summed E-state index contributed by atoms with van der Waals surface area (Å²) in [5.41, 5.74) is -2.84. The SMILES string of the molecule is Cc1ccc(OC(F)(F)c2ccc(C(F)(F)Oc3cc(F)c(F)c(F)c3)c(F)c2F)cc1. The maximum atomic E-state index is 14.3. The zero-order valence-corrected chi connectivity index (χ0v) is 15.8. The van der Waals surface area contributed by atoms with Gasteiger partial charge in [0.2, 0.25) is 0 Å². The molecule has 0 unspecified atom stereocenters. The van der Waals surface area contributed by atoms with Gasteiger partial charge in [-0.05, 0) is 31.2 Å². The molecule has 170 valence electrons. The first kappa shape index (κ1) is 23.3. The van der Waals surface area contributed by atoms with Crippen LogP contribution in [0.15, 0.2) is 48.5 Å². The van der Waals surface area contributed by atoms with Gasteiger partial charge in [0.15, 0.2) is 29.1 Å². The Morgan fingerprint density at radius 1 is 0.562 bits per heavy atom. The van der Waals surface area contributed by atoms with Gasteiger partial charge < -0.3 is 9.47 Å². The van der Waals surface area contributed by atoms with E-state index in [-0.39, 0.29) is 24.3 Å². The van der Waals surface area contributed by atoms with Gasteiger partial charge in [-0.3, -0.25) is 0 Å². The number of hydrogen-bond donors (Lipinski definition) is 0. The highest BCUT2D eigenvalue weighted by Gasteiger charge is 2.44. The second kappa shape index (κ2) is 8.29. The summed E-state index contributed by atoms with van der Waals surface area (Å²) in [5, 5.41) is 0. The number of alkyl halides is 4. The molecule has 0 saturated carbocycles. The van der Waals surface area contributed by atoms with Crippen LogP contribution in [0, 0.1) is 36.0 Å². The lowest BCUT2D eigenvalue weighted by Crippen LogP contribution is -2.28. The summed E-state index contributed by atoms with van der Waals surface area (Å²) in [4.78, 5) is 0. The van der Waals surface area contributed by atoms with Crippen molar-refractivity contribution >= 4 is 0 Å². The van der Waals surface area contributed by atoms with Crippen molar-refractivity contribution in [2.45, 2.75) is 19.1 Å². The molecule has 3 rings (SSSR count). The van der Waals surface area contributed by atoms with E-state index in [4.69, 9.17) is 0 Å². The third-order valence-electron chi connectivity index (χ3n) is 4.18. The van der Waals surface area contributed by atoms with E-state index in [1.807, 2.05) is 0 Å². The molecule has 0 aliphatic heterocycles. The monoisotopic (exact) mass is 466 g/mol. The van der Waals surface area contributed by atoms with Crippen molar-refractivity contribution in [2.24, 2.45) is 0 Å². The molecule has 0 aliphatic rings. The normalized spacial score (nSPS) is 12.1. The zero-order chi connectivity index (χ0) is 23.8. The molecule has 0 N–H and O–H groups in total. The smallest absolute Gasteiger partial charge is 0.429 e. The van der Waals surface area contributed by atoms with Gasteiger partial charge in [-0.1, -0.05) is 17.7 Å². The predicted molar refractivity (Wildman–Crippen MR) is 92.9 cm³/mol. The zero-order valence-electron chi connectivity index (χ0n) is 15.8. The fourth-order valence-corrected chi connectivity index (χ4v) is 2.60. The third-order valence-corrected chi connectivity index (χ3v) is 4.18. The predicted octanol–water partition coefficient (Wildman–Crippen LogP) is 6.95. The molecule has 0 radical (unpaired) electrons. The van der Waals surface area contributed by atoms with Gasteiger partial charge in [-0.25, -0.2) is 22.0 Å². The molecule has 0 saturated heterocycles. The molecule has 0 fully saturated rings. The van der Waals surface area contributed by atoms with E-state index < -0.39 is 63.9 Å². The second-order valence-corrected chi connectivity index (χ2v) is 6.54. The van der Waals surface area contributed by atoms with Crippen LogP contribution in [0.25, 0.3) is 0 Å². The molecule has 0 amide bonds. The maximum Gasteiger partial charge on any atom is 0.429 e. The molecular weight excluding hydrogens is 455 g/mol. The van der Waals surface area contributed by atoms with Gasteiger partial charge in [0.1, 0.15) is 22.6 Å². The van der Waals surface area contributed by atoms with Crippen LogP contribution < -0.4 is 9.47 Å². The van der Waals surface area contributed by atoms with E-state index in [9.17, 15) is 39.5 Å². The summed E-state index contributed by atoms with van der Waals surface area (Å²) in [6, 6.07) is 5.40. The molecule has 0 spiro atoms. The van der Waals surface area contributed by atoms with Crippen LogP contribution in [-0.4, -0.2) is 0 Å². The van der Waals surface area contributed by atoms with Crippen LogP contribution in [0.3, 0.4) is 0 Å². The average Bonchev–Trinajstić information content (AvgIpc) is 2.69. The summed E-state index contributed by atoms with van der Waals surface area (Å²) in [6.45, 7) is 1.66. The Bertz CT molecular complexity index is 1120. The van der Waals surface area contributed by atoms with Crippen molar-refractivity contribution in [3.63, 3.8) is 0 Å². The fraction of sp³-hybridized carbons (Fsp3) is 0.143. The number of halogens is 9. The fourth-order valence-electron chi connectivity index (χ4n) is 2.60. The largest absolute Gasteiger partial charge is 0.429 e. The minimum atomic E-state index is -4.77. The van der Waals surface area contributed by atoms with Crippen LogP contribution in [0.1, 0.15) is 16.7 Å². The lowest BCUT2D eigenvalue weighted by atomic mass is 10.1. The Hall–Kier alpha value is -3.37. The third kappa shape index (κ3) is 4.61. The standard InChI is InChI=1S/C21H11F9O2/c1-10-2-4-11(5-3-10)31-20(27,28)13-6-7-14(18(25)17(13)24)21(29,30)32-12-8-15(22)19(26)16(23)9-12/h2-9H,1H3. The van der Waals surface area contributed by atoms with E-state index in [2.05, 4.69) is 9.47 Å². The quantitative estimate of drug-likeness (QED) is 0.289. The van der Waals surface area contributed by atoms with Gasteiger partial charge >= 0.3 is 12.2 Å². The van der Waals surface area contributed by atoms with Gasteiger partial charge in [0.25, 0.3) is 0 Å². The lowest BCUT2D eigenvalue weighted by molar-refractivity contribution is -0.192. The van der Waals surface area contributed by atoms with E-state index in [0.29, 0.717) is 5.56 Å². The van der Waals surface area contributed by atoms with E-state index in [1.54, 1.807) is 6.92 Å². The van der Waals surface area contributed by atoms with Crippen LogP contribution in [-0.2, 0) is 12.2 Å². The summed E-state index contributed by atoms with van der Waals surface area (Å²) in [7, 11) is 0. The van der Waals surface area contributed by atoms with Gasteiger partial charge in [-0.2, -0.15) is 17.6 Å². The molecule has 0 aliphatic carbocycles. The lowest BCUT2D eigenvalue weighted by Gasteiger charge is -2.22. The van der Waals surface area contributed by atoms with Gasteiger partial charge in [-0.15, -0.1) is 0 Å². The van der Waals surface area contributed by atoms with Crippen molar-refractivity contribution in [1.82, 2.24) is 0 Å². The molecule has 3 aromatic rings. The first-order valence-corrected chi connectivity index (χ1v) is 8.65. The number of ether oxygens (including phenoxy) is 2. The number of rotatable bonds is 6. The van der Waals surface area contributed by atoms with E-state index >= 15 is 0 Å². The Morgan fingerprint density at radius 2 is 0.969 bits per heavy atom. The molecule has 2 nitrogen and oxygen atoms in total. The molecule has 0 bridgehead atoms. The first-order valence-electron chi connectivity index (χ1n) is 8.65. The highest BCUT2D eigenvalue weighted by atomic mass is 19.3. The summed E-state index contributed by atoms with van der Waals surface area (Å²) >= 11 is 0. The summed E-state index contributed by atoms with van der Waals surface area (Å²) in [5.74, 6) is -12.2. The van der Waals surface area contributed by atoms with Crippen LogP contribution >= 0.6 is 0 Å². The molecule has 11 heteroatoms. The highest BCUT2D eigenvalue weighted by Crippen LogP contribution is 2.39. The Morgan fingerprint density at radius 3 is 1.41 bits per heavy atom. The van der Waals surface area contributed by atoms with Gasteiger partial charge in [0, 0.05) is 12.1 Å². The molecule has 0 atom stereocenters. The number of hydrogen-bond acceptors (Lipinski definition) is 2. The van der Waals surface area contributed by atoms with Gasteiger partial charge in [0.05, 0.1) is 0 Å². The summed E-state index contributed by atoms with van der Waals surface area (Å²) < 4.78 is 133. The van der Waals surface area contributed by atoms with Crippen molar-refractivity contribution in [3.05, 3.63) is 94.3 Å². The van der Waals surface area contributed by atoms with E-state index in [0.717, 1.165) is 12.1 Å².